The molecule has 1 N–H and O–H groups in total. The van der Waals surface area contributed by atoms with Crippen molar-refractivity contribution in [2.75, 3.05) is 0 Å². The van der Waals surface area contributed by atoms with E-state index in [4.69, 9.17) is 11.6 Å². The van der Waals surface area contributed by atoms with Gasteiger partial charge in [-0.25, -0.2) is 0 Å². The van der Waals surface area contributed by atoms with Crippen LogP contribution in [-0.4, -0.2) is 5.11 Å². The summed E-state index contributed by atoms with van der Waals surface area (Å²) in [6, 6.07) is 7.57. The molecule has 1 nitrogen and oxygen atoms in total. The molecule has 1 saturated carbocycles. The lowest BCUT2D eigenvalue weighted by Gasteiger charge is -2.39. The largest absolute Gasteiger partial charge is 0.385 e. The molecule has 1 aromatic rings. The first kappa shape index (κ1) is 10.0. The van der Waals surface area contributed by atoms with Crippen LogP contribution < -0.4 is 0 Å². The first-order chi connectivity index (χ1) is 6.62. The molecule has 0 saturated heterocycles. The molecule has 1 unspecified atom stereocenters. The van der Waals surface area contributed by atoms with Gasteiger partial charge >= 0.3 is 0 Å². The summed E-state index contributed by atoms with van der Waals surface area (Å²) < 4.78 is 0. The number of halogens is 1. The van der Waals surface area contributed by atoms with Gasteiger partial charge < -0.3 is 5.11 Å². The summed E-state index contributed by atoms with van der Waals surface area (Å²) in [6.07, 6.45) is 3.45. The average Bonchev–Trinajstić information content (AvgIpc) is 2.00. The van der Waals surface area contributed by atoms with E-state index in [0.29, 0.717) is 10.9 Å². The Balaban J connectivity index is 2.32. The Labute approximate surface area is 89.7 Å². The SMILES string of the molecule is CC(O)(c1ccccc1Cl)C1CCC1. The molecule has 0 amide bonds. The molecule has 1 fully saturated rings. The summed E-state index contributed by atoms with van der Waals surface area (Å²) in [5, 5.41) is 11.1. The topological polar surface area (TPSA) is 20.2 Å². The van der Waals surface area contributed by atoms with Crippen LogP contribution in [0.3, 0.4) is 0 Å². The molecule has 1 aliphatic carbocycles. The highest BCUT2D eigenvalue weighted by molar-refractivity contribution is 6.31. The fourth-order valence-electron chi connectivity index (χ4n) is 2.06. The van der Waals surface area contributed by atoms with Gasteiger partial charge in [-0.3, -0.25) is 0 Å². The van der Waals surface area contributed by atoms with Crippen molar-refractivity contribution in [2.45, 2.75) is 31.8 Å². The summed E-state index contributed by atoms with van der Waals surface area (Å²) in [5.41, 5.74) is 0.114. The van der Waals surface area contributed by atoms with Crippen LogP contribution in [0, 0.1) is 5.92 Å². The Morgan fingerprint density at radius 3 is 2.50 bits per heavy atom. The van der Waals surface area contributed by atoms with Crippen molar-refractivity contribution in [1.82, 2.24) is 0 Å². The normalized spacial score (nSPS) is 21.4. The van der Waals surface area contributed by atoms with E-state index in [-0.39, 0.29) is 0 Å². The molecule has 2 rings (SSSR count). The van der Waals surface area contributed by atoms with Crippen LogP contribution in [0.1, 0.15) is 31.7 Å². The fourth-order valence-corrected chi connectivity index (χ4v) is 2.39. The van der Waals surface area contributed by atoms with E-state index in [9.17, 15) is 5.11 Å². The quantitative estimate of drug-likeness (QED) is 0.794. The monoisotopic (exact) mass is 210 g/mol. The van der Waals surface area contributed by atoms with Crippen molar-refractivity contribution in [1.29, 1.82) is 0 Å². The summed E-state index contributed by atoms with van der Waals surface area (Å²) in [6.45, 7) is 1.87. The lowest BCUT2D eigenvalue weighted by molar-refractivity contribution is -0.0398. The van der Waals surface area contributed by atoms with Gasteiger partial charge in [-0.1, -0.05) is 36.2 Å². The van der Waals surface area contributed by atoms with Crippen LogP contribution in [0.5, 0.6) is 0 Å². The Morgan fingerprint density at radius 1 is 1.36 bits per heavy atom. The second kappa shape index (κ2) is 3.56. The third kappa shape index (κ3) is 1.55. The van der Waals surface area contributed by atoms with Crippen LogP contribution >= 0.6 is 11.6 Å². The lowest BCUT2D eigenvalue weighted by Crippen LogP contribution is -2.36. The van der Waals surface area contributed by atoms with Gasteiger partial charge in [-0.2, -0.15) is 0 Å². The van der Waals surface area contributed by atoms with E-state index < -0.39 is 5.60 Å². The molecular formula is C12H15ClO. The molecule has 0 aromatic heterocycles. The van der Waals surface area contributed by atoms with Gasteiger partial charge in [0, 0.05) is 10.6 Å². The summed E-state index contributed by atoms with van der Waals surface area (Å²) in [4.78, 5) is 0. The van der Waals surface area contributed by atoms with Gasteiger partial charge in [0.05, 0.1) is 5.60 Å². The number of benzene rings is 1. The molecule has 0 bridgehead atoms. The molecule has 1 atom stereocenters. The number of hydrogen-bond acceptors (Lipinski definition) is 1. The molecule has 2 heteroatoms. The maximum absolute atomic E-state index is 10.4. The van der Waals surface area contributed by atoms with Crippen molar-refractivity contribution in [2.24, 2.45) is 5.92 Å². The van der Waals surface area contributed by atoms with Gasteiger partial charge in [0.25, 0.3) is 0 Å². The molecule has 14 heavy (non-hydrogen) atoms. The zero-order valence-electron chi connectivity index (χ0n) is 8.33. The highest BCUT2D eigenvalue weighted by atomic mass is 35.5. The maximum atomic E-state index is 10.4. The molecule has 76 valence electrons. The van der Waals surface area contributed by atoms with Crippen molar-refractivity contribution in [3.63, 3.8) is 0 Å². The minimum atomic E-state index is -0.753. The van der Waals surface area contributed by atoms with Crippen LogP contribution in [-0.2, 0) is 5.60 Å². The molecule has 0 aliphatic heterocycles. The van der Waals surface area contributed by atoms with Gasteiger partial charge in [-0.05, 0) is 31.7 Å². The Kier molecular flexibility index (Phi) is 2.54. The summed E-state index contributed by atoms with van der Waals surface area (Å²) in [7, 11) is 0. The predicted octanol–water partition coefficient (Wildman–Crippen LogP) is 3.35. The third-order valence-corrected chi connectivity index (χ3v) is 3.65. The number of aliphatic hydroxyl groups is 1. The van der Waals surface area contributed by atoms with Crippen molar-refractivity contribution < 1.29 is 5.11 Å². The zero-order valence-corrected chi connectivity index (χ0v) is 9.09. The van der Waals surface area contributed by atoms with E-state index in [0.717, 1.165) is 18.4 Å². The smallest absolute Gasteiger partial charge is 0.0910 e. The van der Waals surface area contributed by atoms with E-state index in [2.05, 4.69) is 0 Å². The molecular weight excluding hydrogens is 196 g/mol. The highest BCUT2D eigenvalue weighted by Crippen LogP contribution is 2.43. The molecule has 0 radical (unpaired) electrons. The maximum Gasteiger partial charge on any atom is 0.0910 e. The zero-order chi connectivity index (χ0) is 10.2. The van der Waals surface area contributed by atoms with Crippen molar-refractivity contribution >= 4 is 11.6 Å². The first-order valence-corrected chi connectivity index (χ1v) is 5.47. The van der Waals surface area contributed by atoms with Crippen LogP contribution in [0.15, 0.2) is 24.3 Å². The van der Waals surface area contributed by atoms with Gasteiger partial charge in [0.1, 0.15) is 0 Å². The number of hydrogen-bond donors (Lipinski definition) is 1. The Bertz CT molecular complexity index is 329. The van der Waals surface area contributed by atoms with Gasteiger partial charge in [-0.15, -0.1) is 0 Å². The predicted molar refractivity (Wildman–Crippen MR) is 58.4 cm³/mol. The fraction of sp³-hybridized carbons (Fsp3) is 0.500. The van der Waals surface area contributed by atoms with E-state index >= 15 is 0 Å². The molecule has 1 aromatic carbocycles. The van der Waals surface area contributed by atoms with Crippen LogP contribution in [0.4, 0.5) is 0 Å². The van der Waals surface area contributed by atoms with Crippen molar-refractivity contribution in [3.05, 3.63) is 34.9 Å². The Morgan fingerprint density at radius 2 is 2.00 bits per heavy atom. The third-order valence-electron chi connectivity index (χ3n) is 3.32. The molecule has 0 heterocycles. The Hall–Kier alpha value is -0.530. The second-order valence-corrected chi connectivity index (χ2v) is 4.66. The first-order valence-electron chi connectivity index (χ1n) is 5.10. The highest BCUT2D eigenvalue weighted by Gasteiger charge is 2.38. The van der Waals surface area contributed by atoms with Crippen LogP contribution in [0.2, 0.25) is 5.02 Å². The lowest BCUT2D eigenvalue weighted by atomic mass is 9.71. The van der Waals surface area contributed by atoms with E-state index in [1.165, 1.54) is 6.42 Å². The molecule has 0 spiro atoms. The van der Waals surface area contributed by atoms with Crippen molar-refractivity contribution in [3.8, 4) is 0 Å². The summed E-state index contributed by atoms with van der Waals surface area (Å²) >= 11 is 6.07. The average molecular weight is 211 g/mol. The van der Waals surface area contributed by atoms with Crippen LogP contribution in [0.25, 0.3) is 0 Å². The minimum absolute atomic E-state index is 0.377. The molecule has 1 aliphatic rings. The van der Waals surface area contributed by atoms with Gasteiger partial charge in [0.15, 0.2) is 0 Å². The second-order valence-electron chi connectivity index (χ2n) is 4.26. The van der Waals surface area contributed by atoms with E-state index in [1.54, 1.807) is 0 Å². The summed E-state index contributed by atoms with van der Waals surface area (Å²) in [5.74, 6) is 0.377. The number of rotatable bonds is 2. The van der Waals surface area contributed by atoms with E-state index in [1.807, 2.05) is 31.2 Å². The van der Waals surface area contributed by atoms with Gasteiger partial charge in [0.2, 0.25) is 0 Å². The minimum Gasteiger partial charge on any atom is -0.385 e. The standard InChI is InChI=1S/C12H15ClO/c1-12(14,9-5-4-6-9)10-7-2-3-8-11(10)13/h2-3,7-9,14H,4-6H2,1H3.